The Morgan fingerprint density at radius 1 is 1.21 bits per heavy atom. The molecule has 0 spiro atoms. The van der Waals surface area contributed by atoms with Crippen molar-refractivity contribution in [2.45, 2.75) is 19.9 Å². The van der Waals surface area contributed by atoms with Crippen LogP contribution in [0.2, 0.25) is 0 Å². The van der Waals surface area contributed by atoms with Gasteiger partial charge < -0.3 is 0 Å². The van der Waals surface area contributed by atoms with E-state index >= 15 is 0 Å². The van der Waals surface area contributed by atoms with E-state index in [1.165, 1.54) is 22.2 Å². The number of hydrogen-bond acceptors (Lipinski definition) is 5. The zero-order valence-corrected chi connectivity index (χ0v) is 16.1. The van der Waals surface area contributed by atoms with Gasteiger partial charge in [0.15, 0.2) is 0 Å². The van der Waals surface area contributed by atoms with Crippen molar-refractivity contribution in [3.05, 3.63) is 75.7 Å². The first-order chi connectivity index (χ1) is 13.7. The van der Waals surface area contributed by atoms with Gasteiger partial charge in [-0.3, -0.25) is 14.2 Å². The molecule has 0 aliphatic carbocycles. The number of hydrazone groups is 1. The Balaban J connectivity index is 1.49. The van der Waals surface area contributed by atoms with Gasteiger partial charge in [-0.25, -0.2) is 10.4 Å². The highest BCUT2D eigenvalue weighted by molar-refractivity contribution is 7.18. The number of fused-ring (bicyclic) bond motifs is 2. The van der Waals surface area contributed by atoms with Crippen molar-refractivity contribution < 1.29 is 4.79 Å². The van der Waals surface area contributed by atoms with Crippen LogP contribution in [0.4, 0.5) is 0 Å². The minimum atomic E-state index is -0.384. The van der Waals surface area contributed by atoms with Crippen LogP contribution in [0.15, 0.2) is 64.8 Å². The van der Waals surface area contributed by atoms with Crippen molar-refractivity contribution in [1.29, 1.82) is 0 Å². The fraction of sp³-hybridized carbons (Fsp3) is 0.143. The minimum absolute atomic E-state index is 0.133. The molecule has 0 bridgehead atoms. The van der Waals surface area contributed by atoms with Crippen molar-refractivity contribution >= 4 is 44.4 Å². The lowest BCUT2D eigenvalue weighted by atomic mass is 10.1. The maximum Gasteiger partial charge on any atom is 0.262 e. The highest BCUT2D eigenvalue weighted by Gasteiger charge is 2.10. The number of hydrogen-bond donors (Lipinski definition) is 1. The number of benzene rings is 2. The van der Waals surface area contributed by atoms with Gasteiger partial charge in [-0.05, 0) is 23.3 Å². The van der Waals surface area contributed by atoms with E-state index in [4.69, 9.17) is 0 Å². The van der Waals surface area contributed by atoms with Crippen LogP contribution >= 0.6 is 11.3 Å². The Morgan fingerprint density at radius 2 is 2.04 bits per heavy atom. The lowest BCUT2D eigenvalue weighted by Gasteiger charge is -2.04. The van der Waals surface area contributed by atoms with Gasteiger partial charge in [-0.15, -0.1) is 11.3 Å². The first kappa shape index (κ1) is 18.1. The third kappa shape index (κ3) is 3.57. The van der Waals surface area contributed by atoms with Gasteiger partial charge in [0.25, 0.3) is 11.5 Å². The molecule has 4 rings (SSSR count). The fourth-order valence-corrected chi connectivity index (χ4v) is 3.95. The topological polar surface area (TPSA) is 76.3 Å². The van der Waals surface area contributed by atoms with E-state index in [9.17, 15) is 9.59 Å². The molecule has 6 nitrogen and oxygen atoms in total. The van der Waals surface area contributed by atoms with Crippen molar-refractivity contribution in [2.24, 2.45) is 5.10 Å². The van der Waals surface area contributed by atoms with Crippen LogP contribution in [0.1, 0.15) is 17.4 Å². The Hall–Kier alpha value is -3.32. The lowest BCUT2D eigenvalue weighted by molar-refractivity contribution is -0.121. The van der Waals surface area contributed by atoms with Crippen LogP contribution in [0.5, 0.6) is 0 Å². The summed E-state index contributed by atoms with van der Waals surface area (Å²) in [7, 11) is 0. The summed E-state index contributed by atoms with van der Waals surface area (Å²) in [5.41, 5.74) is 3.17. The van der Waals surface area contributed by atoms with Gasteiger partial charge in [0.1, 0.15) is 11.4 Å². The van der Waals surface area contributed by atoms with E-state index in [0.29, 0.717) is 10.2 Å². The molecule has 0 unspecified atom stereocenters. The second kappa shape index (κ2) is 7.74. The molecule has 2 aromatic carbocycles. The highest BCUT2D eigenvalue weighted by atomic mass is 32.1. The van der Waals surface area contributed by atoms with Crippen LogP contribution in [-0.2, 0) is 17.8 Å². The predicted octanol–water partition coefficient (Wildman–Crippen LogP) is 3.32. The third-order valence-electron chi connectivity index (χ3n) is 4.45. The zero-order chi connectivity index (χ0) is 19.5. The van der Waals surface area contributed by atoms with Crippen molar-refractivity contribution in [3.63, 3.8) is 0 Å². The van der Waals surface area contributed by atoms with E-state index in [1.54, 1.807) is 6.21 Å². The summed E-state index contributed by atoms with van der Waals surface area (Å²) in [5, 5.41) is 6.75. The van der Waals surface area contributed by atoms with E-state index in [2.05, 4.69) is 15.5 Å². The number of nitrogens with zero attached hydrogens (tertiary/aromatic N) is 3. The van der Waals surface area contributed by atoms with Crippen molar-refractivity contribution in [2.75, 3.05) is 0 Å². The van der Waals surface area contributed by atoms with Gasteiger partial charge in [-0.1, -0.05) is 49.4 Å². The van der Waals surface area contributed by atoms with Crippen LogP contribution in [0, 0.1) is 0 Å². The van der Waals surface area contributed by atoms with Crippen LogP contribution in [-0.4, -0.2) is 21.7 Å². The molecule has 28 heavy (non-hydrogen) atoms. The number of carbonyl (C=O) groups is 1. The summed E-state index contributed by atoms with van der Waals surface area (Å²) in [4.78, 5) is 30.8. The largest absolute Gasteiger partial charge is 0.289 e. The molecule has 0 atom stereocenters. The third-order valence-corrected chi connectivity index (χ3v) is 5.64. The summed E-state index contributed by atoms with van der Waals surface area (Å²) in [6, 6.07) is 15.7. The average Bonchev–Trinajstić information content (AvgIpc) is 3.15. The molecule has 0 fully saturated rings. The number of nitrogens with one attached hydrogen (secondary N) is 1. The Labute approximate surface area is 165 Å². The number of carbonyl (C=O) groups excluding carboxylic acids is 1. The number of rotatable bonds is 5. The van der Waals surface area contributed by atoms with E-state index in [1.807, 2.05) is 55.5 Å². The van der Waals surface area contributed by atoms with Gasteiger partial charge >= 0.3 is 0 Å². The van der Waals surface area contributed by atoms with Crippen LogP contribution in [0.25, 0.3) is 21.0 Å². The Morgan fingerprint density at radius 3 is 2.89 bits per heavy atom. The van der Waals surface area contributed by atoms with Gasteiger partial charge in [-0.2, -0.15) is 5.10 Å². The van der Waals surface area contributed by atoms with E-state index in [-0.39, 0.29) is 18.0 Å². The normalized spacial score (nSPS) is 11.5. The maximum atomic E-state index is 12.5. The number of thiophene rings is 1. The minimum Gasteiger partial charge on any atom is -0.289 e. The Kier molecular flexibility index (Phi) is 4.99. The van der Waals surface area contributed by atoms with E-state index < -0.39 is 0 Å². The molecule has 0 saturated heterocycles. The van der Waals surface area contributed by atoms with Gasteiger partial charge in [0.2, 0.25) is 0 Å². The number of aromatic nitrogens is 2. The molecule has 1 N–H and O–H groups in total. The summed E-state index contributed by atoms with van der Waals surface area (Å²) in [5.74, 6) is -0.384. The van der Waals surface area contributed by atoms with Gasteiger partial charge in [0.05, 0.1) is 17.9 Å². The SMILES string of the molecule is CCc1cc2c(=O)n(CC(=O)N/N=C/c3cccc4ccccc34)cnc2s1. The molecule has 0 aliphatic heterocycles. The van der Waals surface area contributed by atoms with Crippen molar-refractivity contribution in [3.8, 4) is 0 Å². The first-order valence-corrected chi connectivity index (χ1v) is 9.75. The van der Waals surface area contributed by atoms with Crippen LogP contribution < -0.4 is 11.0 Å². The summed E-state index contributed by atoms with van der Waals surface area (Å²) < 4.78 is 1.30. The zero-order valence-electron chi connectivity index (χ0n) is 15.3. The summed E-state index contributed by atoms with van der Waals surface area (Å²) in [6.07, 6.45) is 3.87. The molecule has 1 amide bonds. The molecule has 0 saturated carbocycles. The molecular weight excluding hydrogens is 372 g/mol. The monoisotopic (exact) mass is 390 g/mol. The smallest absolute Gasteiger partial charge is 0.262 e. The molecule has 7 heteroatoms. The molecular formula is C21H18N4O2S. The summed E-state index contributed by atoms with van der Waals surface area (Å²) >= 11 is 1.50. The van der Waals surface area contributed by atoms with Crippen LogP contribution in [0.3, 0.4) is 0 Å². The molecule has 0 radical (unpaired) electrons. The lowest BCUT2D eigenvalue weighted by Crippen LogP contribution is -2.29. The second-order valence-corrected chi connectivity index (χ2v) is 7.44. The Bertz CT molecular complexity index is 1250. The number of amides is 1. The first-order valence-electron chi connectivity index (χ1n) is 8.93. The standard InChI is InChI=1S/C21H18N4O2S/c1-2-16-10-18-20(28-16)22-13-25(21(18)27)12-19(26)24-23-11-15-8-5-7-14-6-3-4-9-17(14)15/h3-11,13H,2,12H2,1H3,(H,24,26)/b23-11+. The molecule has 4 aromatic rings. The number of aryl methyl sites for hydroxylation is 1. The molecule has 140 valence electrons. The summed E-state index contributed by atoms with van der Waals surface area (Å²) in [6.45, 7) is 1.90. The average molecular weight is 390 g/mol. The molecule has 0 aliphatic rings. The quantitative estimate of drug-likeness (QED) is 0.419. The second-order valence-electron chi connectivity index (χ2n) is 6.32. The molecule has 2 heterocycles. The van der Waals surface area contributed by atoms with Gasteiger partial charge in [0, 0.05) is 10.4 Å². The van der Waals surface area contributed by atoms with E-state index in [0.717, 1.165) is 27.6 Å². The molecule has 2 aromatic heterocycles. The predicted molar refractivity (Wildman–Crippen MR) is 113 cm³/mol. The highest BCUT2D eigenvalue weighted by Crippen LogP contribution is 2.21. The fourth-order valence-electron chi connectivity index (χ4n) is 3.02. The maximum absolute atomic E-state index is 12.5. The van der Waals surface area contributed by atoms with Crippen molar-refractivity contribution in [1.82, 2.24) is 15.0 Å².